The normalized spacial score (nSPS) is 15.5. The summed E-state index contributed by atoms with van der Waals surface area (Å²) < 4.78 is 13.8. The fourth-order valence-corrected chi connectivity index (χ4v) is 2.94. The summed E-state index contributed by atoms with van der Waals surface area (Å²) in [4.78, 5) is 0. The number of rotatable bonds is 7. The summed E-state index contributed by atoms with van der Waals surface area (Å²) >= 11 is 2.25. The maximum atomic E-state index is 6.36. The Morgan fingerprint density at radius 1 is 1.29 bits per heavy atom. The first-order valence-corrected chi connectivity index (χ1v) is 10.4. The summed E-state index contributed by atoms with van der Waals surface area (Å²) in [5.41, 5.74) is 0. The third kappa shape index (κ3) is 6.93. The molecule has 0 aromatic rings. The Morgan fingerprint density at radius 3 is 2.29 bits per heavy atom. The van der Waals surface area contributed by atoms with Crippen LogP contribution in [0.2, 0.25) is 18.1 Å². The molecule has 0 fully saturated rings. The van der Waals surface area contributed by atoms with E-state index in [0.29, 0.717) is 0 Å². The van der Waals surface area contributed by atoms with Gasteiger partial charge in [0.15, 0.2) is 8.32 Å². The molecular weight excluding hydrogens is 343 g/mol. The molecule has 1 atom stereocenters. The van der Waals surface area contributed by atoms with Gasteiger partial charge in [0.2, 0.25) is 0 Å². The minimum absolute atomic E-state index is 0.194. The van der Waals surface area contributed by atoms with Crippen LogP contribution in [0.3, 0.4) is 0 Å². The van der Waals surface area contributed by atoms with Gasteiger partial charge in [-0.05, 0) is 35.6 Å². The molecule has 4 heteroatoms. The monoisotopic (exact) mass is 370 g/mol. The van der Waals surface area contributed by atoms with E-state index in [1.165, 1.54) is 0 Å². The third-order valence-electron chi connectivity index (χ3n) is 3.29. The largest absolute Gasteiger partial charge is 0.410 e. The molecular formula is C13H27IO2Si. The molecule has 0 amide bonds. The van der Waals surface area contributed by atoms with Crippen molar-refractivity contribution in [3.63, 3.8) is 0 Å². The third-order valence-corrected chi connectivity index (χ3v) is 8.21. The molecule has 2 nitrogen and oxygen atoms in total. The standard InChI is InChI=1S/C13H27IO2Si/c1-7-15-11-9-12(8-10-14)16-17(5,6)13(2,3)4/h8,10,12H,7,9,11H2,1-6H3/t12-/m1/s1. The van der Waals surface area contributed by atoms with E-state index in [1.807, 2.05) is 11.0 Å². The Balaban J connectivity index is 4.43. The maximum Gasteiger partial charge on any atom is 0.192 e. The molecule has 0 aliphatic heterocycles. The lowest BCUT2D eigenvalue weighted by Gasteiger charge is -2.38. The van der Waals surface area contributed by atoms with Gasteiger partial charge in [-0.25, -0.2) is 0 Å². The van der Waals surface area contributed by atoms with Crippen molar-refractivity contribution in [2.75, 3.05) is 13.2 Å². The van der Waals surface area contributed by atoms with Gasteiger partial charge in [0, 0.05) is 13.2 Å². The van der Waals surface area contributed by atoms with Gasteiger partial charge in [0.1, 0.15) is 0 Å². The summed E-state index contributed by atoms with van der Waals surface area (Å²) in [7, 11) is -1.68. The number of hydrogen-bond donors (Lipinski definition) is 0. The molecule has 0 unspecified atom stereocenters. The smallest absolute Gasteiger partial charge is 0.192 e. The van der Waals surface area contributed by atoms with E-state index < -0.39 is 8.32 Å². The van der Waals surface area contributed by atoms with Crippen molar-refractivity contribution >= 4 is 30.9 Å². The van der Waals surface area contributed by atoms with Crippen molar-refractivity contribution in [1.29, 1.82) is 0 Å². The zero-order chi connectivity index (χ0) is 13.5. The number of ether oxygens (including phenoxy) is 1. The second-order valence-corrected chi connectivity index (χ2v) is 11.2. The molecule has 0 aliphatic carbocycles. The highest BCUT2D eigenvalue weighted by Gasteiger charge is 2.38. The highest BCUT2D eigenvalue weighted by molar-refractivity contribution is 14.1. The van der Waals surface area contributed by atoms with Crippen LogP contribution in [0.25, 0.3) is 0 Å². The SMILES string of the molecule is CCOCC[C@@H](C=CI)O[Si](C)(C)C(C)(C)C. The van der Waals surface area contributed by atoms with Crippen LogP contribution in [0.5, 0.6) is 0 Å². The Kier molecular flexibility index (Phi) is 8.20. The van der Waals surface area contributed by atoms with Crippen LogP contribution in [-0.2, 0) is 9.16 Å². The average molecular weight is 370 g/mol. The Labute approximate surface area is 121 Å². The molecule has 0 saturated heterocycles. The first-order chi connectivity index (χ1) is 7.74. The zero-order valence-corrected chi connectivity index (χ0v) is 15.2. The van der Waals surface area contributed by atoms with E-state index in [0.717, 1.165) is 19.6 Å². The second-order valence-electron chi connectivity index (χ2n) is 5.72. The molecule has 0 bridgehead atoms. The van der Waals surface area contributed by atoms with Gasteiger partial charge >= 0.3 is 0 Å². The van der Waals surface area contributed by atoms with Gasteiger partial charge < -0.3 is 9.16 Å². The van der Waals surface area contributed by atoms with E-state index in [2.05, 4.69) is 62.5 Å². The Hall–Kier alpha value is 0.607. The van der Waals surface area contributed by atoms with Crippen LogP contribution in [-0.4, -0.2) is 27.6 Å². The quantitative estimate of drug-likeness (QED) is 0.366. The van der Waals surface area contributed by atoms with Gasteiger partial charge in [-0.3, -0.25) is 0 Å². The van der Waals surface area contributed by atoms with Crippen molar-refractivity contribution in [3.05, 3.63) is 10.2 Å². The molecule has 0 saturated carbocycles. The highest BCUT2D eigenvalue weighted by atomic mass is 127. The topological polar surface area (TPSA) is 18.5 Å². The minimum atomic E-state index is -1.68. The molecule has 0 radical (unpaired) electrons. The first-order valence-electron chi connectivity index (χ1n) is 6.27. The van der Waals surface area contributed by atoms with Crippen molar-refractivity contribution in [1.82, 2.24) is 0 Å². The van der Waals surface area contributed by atoms with E-state index in [-0.39, 0.29) is 11.1 Å². The molecule has 0 N–H and O–H groups in total. The summed E-state index contributed by atoms with van der Waals surface area (Å²) in [6.07, 6.45) is 3.28. The Morgan fingerprint density at radius 2 is 1.88 bits per heavy atom. The minimum Gasteiger partial charge on any atom is -0.410 e. The van der Waals surface area contributed by atoms with Crippen LogP contribution in [0.1, 0.15) is 34.1 Å². The highest BCUT2D eigenvalue weighted by Crippen LogP contribution is 2.37. The molecule has 0 aromatic carbocycles. The lowest BCUT2D eigenvalue weighted by atomic mass is 10.2. The van der Waals surface area contributed by atoms with Crippen molar-refractivity contribution in [3.8, 4) is 0 Å². The van der Waals surface area contributed by atoms with Crippen LogP contribution < -0.4 is 0 Å². The average Bonchev–Trinajstić information content (AvgIpc) is 2.16. The van der Waals surface area contributed by atoms with Crippen LogP contribution in [0, 0.1) is 0 Å². The van der Waals surface area contributed by atoms with Gasteiger partial charge in [-0.1, -0.05) is 49.4 Å². The number of hydrogen-bond acceptors (Lipinski definition) is 2. The number of halogens is 1. The zero-order valence-electron chi connectivity index (χ0n) is 12.0. The summed E-state index contributed by atoms with van der Waals surface area (Å²) in [6.45, 7) is 15.0. The van der Waals surface area contributed by atoms with E-state index in [9.17, 15) is 0 Å². The fourth-order valence-electron chi connectivity index (χ4n) is 1.17. The molecule has 102 valence electrons. The summed E-state index contributed by atoms with van der Waals surface area (Å²) in [6, 6.07) is 0. The van der Waals surface area contributed by atoms with Gasteiger partial charge in [-0.2, -0.15) is 0 Å². The first kappa shape index (κ1) is 17.6. The van der Waals surface area contributed by atoms with Crippen molar-refractivity contribution in [2.24, 2.45) is 0 Å². The van der Waals surface area contributed by atoms with Gasteiger partial charge in [0.05, 0.1) is 6.10 Å². The van der Waals surface area contributed by atoms with Crippen LogP contribution in [0.4, 0.5) is 0 Å². The Bertz CT molecular complexity index is 234. The molecule has 0 aliphatic rings. The molecule has 17 heavy (non-hydrogen) atoms. The molecule has 0 spiro atoms. The van der Waals surface area contributed by atoms with Gasteiger partial charge in [-0.15, -0.1) is 0 Å². The van der Waals surface area contributed by atoms with E-state index >= 15 is 0 Å². The van der Waals surface area contributed by atoms with E-state index in [1.54, 1.807) is 0 Å². The lowest BCUT2D eigenvalue weighted by molar-refractivity contribution is 0.110. The van der Waals surface area contributed by atoms with Crippen molar-refractivity contribution < 1.29 is 9.16 Å². The predicted octanol–water partition coefficient (Wildman–Crippen LogP) is 4.75. The van der Waals surface area contributed by atoms with Crippen LogP contribution >= 0.6 is 22.6 Å². The molecule has 0 heterocycles. The van der Waals surface area contributed by atoms with E-state index in [4.69, 9.17) is 9.16 Å². The summed E-state index contributed by atoms with van der Waals surface area (Å²) in [5.74, 6) is 0. The predicted molar refractivity (Wildman–Crippen MR) is 86.3 cm³/mol. The molecule has 0 aromatic heterocycles. The van der Waals surface area contributed by atoms with Crippen LogP contribution in [0.15, 0.2) is 10.2 Å². The summed E-state index contributed by atoms with van der Waals surface area (Å²) in [5, 5.41) is 0.260. The lowest BCUT2D eigenvalue weighted by Crippen LogP contribution is -2.43. The van der Waals surface area contributed by atoms with Crippen molar-refractivity contribution in [2.45, 2.75) is 58.4 Å². The second kappa shape index (κ2) is 7.91. The fraction of sp³-hybridized carbons (Fsp3) is 0.846. The maximum absolute atomic E-state index is 6.36. The molecule has 0 rings (SSSR count). The van der Waals surface area contributed by atoms with Gasteiger partial charge in [0.25, 0.3) is 0 Å².